The van der Waals surface area contributed by atoms with Crippen LogP contribution in [0.15, 0.2) is 36.4 Å². The Kier molecular flexibility index (Phi) is 7.88. The zero-order valence-corrected chi connectivity index (χ0v) is 21.1. The summed E-state index contributed by atoms with van der Waals surface area (Å²) in [6, 6.07) is 9.14. The van der Waals surface area contributed by atoms with Crippen LogP contribution in [-0.2, 0) is 18.9 Å². The lowest BCUT2D eigenvalue weighted by molar-refractivity contribution is -0.342. The first kappa shape index (κ1) is 27.8. The lowest BCUT2D eigenvalue weighted by atomic mass is 9.83. The molecule has 0 bridgehead atoms. The second-order valence-electron chi connectivity index (χ2n) is 9.72. The van der Waals surface area contributed by atoms with E-state index in [-0.39, 0.29) is 23.0 Å². The minimum Gasteiger partial charge on any atom is -0.504 e. The Labute approximate surface area is 223 Å². The molecule has 2 aromatic rings. The molecule has 3 aliphatic heterocycles. The highest BCUT2D eigenvalue weighted by atomic mass is 16.8. The molecule has 3 saturated heterocycles. The average Bonchev–Trinajstić information content (AvgIpc) is 3.48. The summed E-state index contributed by atoms with van der Waals surface area (Å²) in [5.74, 6) is -1.27. The van der Waals surface area contributed by atoms with Crippen molar-refractivity contribution in [2.75, 3.05) is 20.8 Å². The van der Waals surface area contributed by atoms with Gasteiger partial charge < -0.3 is 64.2 Å². The molecular weight excluding hydrogens is 520 g/mol. The fourth-order valence-electron chi connectivity index (χ4n) is 5.50. The zero-order valence-electron chi connectivity index (χ0n) is 21.1. The molecule has 39 heavy (non-hydrogen) atoms. The van der Waals surface area contributed by atoms with E-state index >= 15 is 0 Å². The number of fused-ring (bicyclic) bond motifs is 1. The van der Waals surface area contributed by atoms with Crippen LogP contribution in [0.2, 0.25) is 0 Å². The standard InChI is InChI=1S/C26H32O13/c1-34-14-7-10(3-5-12(14)28)22-17-18(23(37-24(17)33)11-4-6-13(29)15(8-11)35-2)25(38-22)39-26-21(32)20(31)19(30)16(9-27)36-26/h3-8,16-33H,9H2,1-2H3/t16-,17+,18+,19-,20+,21-,22-,23-,24-,25+,26+/m1/s1. The Bertz CT molecular complexity index is 1110. The minimum absolute atomic E-state index is 0.0952. The number of hydrogen-bond acceptors (Lipinski definition) is 13. The first-order valence-corrected chi connectivity index (χ1v) is 12.4. The van der Waals surface area contributed by atoms with E-state index in [0.717, 1.165) is 0 Å². The largest absolute Gasteiger partial charge is 0.504 e. The maximum atomic E-state index is 11.1. The van der Waals surface area contributed by atoms with Gasteiger partial charge in [-0.15, -0.1) is 0 Å². The van der Waals surface area contributed by atoms with E-state index in [9.17, 15) is 35.7 Å². The topological polar surface area (TPSA) is 197 Å². The Balaban J connectivity index is 1.51. The molecule has 11 atom stereocenters. The zero-order chi connectivity index (χ0) is 28.0. The summed E-state index contributed by atoms with van der Waals surface area (Å²) in [4.78, 5) is 0. The van der Waals surface area contributed by atoms with E-state index in [1.807, 2.05) is 0 Å². The molecule has 13 nitrogen and oxygen atoms in total. The SMILES string of the molecule is COc1cc([C@H]2O[C@@H](O[C@@H]3O[C@H](CO)[C@@H](O)[C@H](O)[C@H]3O)[C@H]3[C@@H]2[C@H](O)O[C@@H]3c2ccc(O)c(OC)c2)ccc1O. The van der Waals surface area contributed by atoms with Gasteiger partial charge in [0.1, 0.15) is 24.4 Å². The Morgan fingerprint density at radius 1 is 0.692 bits per heavy atom. The van der Waals surface area contributed by atoms with Crippen LogP contribution in [0.5, 0.6) is 23.0 Å². The number of phenols is 2. The van der Waals surface area contributed by atoms with Crippen molar-refractivity contribution in [3.63, 3.8) is 0 Å². The minimum atomic E-state index is -1.68. The molecule has 214 valence electrons. The Hall–Kier alpha value is -2.72. The maximum Gasteiger partial charge on any atom is 0.189 e. The van der Waals surface area contributed by atoms with Crippen LogP contribution in [0.3, 0.4) is 0 Å². The molecule has 3 aliphatic rings. The van der Waals surface area contributed by atoms with Crippen molar-refractivity contribution in [2.24, 2.45) is 11.8 Å². The van der Waals surface area contributed by atoms with E-state index in [0.29, 0.717) is 11.1 Å². The third-order valence-corrected chi connectivity index (χ3v) is 7.54. The number of ether oxygens (including phenoxy) is 6. The third kappa shape index (κ3) is 4.90. The number of aliphatic hydroxyl groups excluding tert-OH is 5. The molecule has 0 saturated carbocycles. The Morgan fingerprint density at radius 2 is 1.26 bits per heavy atom. The fourth-order valence-corrected chi connectivity index (χ4v) is 5.50. The molecule has 0 amide bonds. The van der Waals surface area contributed by atoms with Crippen molar-refractivity contribution in [3.8, 4) is 23.0 Å². The number of benzene rings is 2. The third-order valence-electron chi connectivity index (χ3n) is 7.54. The van der Waals surface area contributed by atoms with Gasteiger partial charge in [0.15, 0.2) is 41.9 Å². The highest BCUT2D eigenvalue weighted by molar-refractivity contribution is 5.44. The predicted octanol–water partition coefficient (Wildman–Crippen LogP) is -0.349. The van der Waals surface area contributed by atoms with Crippen LogP contribution in [0, 0.1) is 11.8 Å². The molecule has 0 spiro atoms. The van der Waals surface area contributed by atoms with Crippen molar-refractivity contribution in [3.05, 3.63) is 47.5 Å². The molecule has 2 aromatic carbocycles. The van der Waals surface area contributed by atoms with Gasteiger partial charge in [-0.3, -0.25) is 0 Å². The normalized spacial score (nSPS) is 38.0. The monoisotopic (exact) mass is 552 g/mol. The average molecular weight is 553 g/mol. The molecule has 5 rings (SSSR count). The van der Waals surface area contributed by atoms with Gasteiger partial charge in [0.2, 0.25) is 0 Å². The van der Waals surface area contributed by atoms with Gasteiger partial charge in [-0.2, -0.15) is 0 Å². The second-order valence-corrected chi connectivity index (χ2v) is 9.72. The summed E-state index contributed by atoms with van der Waals surface area (Å²) in [7, 11) is 2.79. The number of aliphatic hydroxyl groups is 5. The number of rotatable bonds is 7. The molecule has 0 radical (unpaired) electrons. The van der Waals surface area contributed by atoms with Crippen LogP contribution < -0.4 is 9.47 Å². The van der Waals surface area contributed by atoms with Crippen LogP contribution in [0.1, 0.15) is 23.3 Å². The van der Waals surface area contributed by atoms with E-state index in [1.165, 1.54) is 26.4 Å². The van der Waals surface area contributed by atoms with Crippen molar-refractivity contribution >= 4 is 0 Å². The fraction of sp³-hybridized carbons (Fsp3) is 0.538. The van der Waals surface area contributed by atoms with Crippen molar-refractivity contribution < 1.29 is 64.2 Å². The Morgan fingerprint density at radius 3 is 1.79 bits per heavy atom. The molecule has 0 aliphatic carbocycles. The lowest BCUT2D eigenvalue weighted by Crippen LogP contribution is -2.60. The van der Waals surface area contributed by atoms with Crippen molar-refractivity contribution in [2.45, 2.75) is 55.5 Å². The van der Waals surface area contributed by atoms with Gasteiger partial charge in [-0.1, -0.05) is 12.1 Å². The summed E-state index contributed by atoms with van der Waals surface area (Å²) in [6.45, 7) is -0.643. The molecular formula is C26H32O13. The van der Waals surface area contributed by atoms with Gasteiger partial charge in [-0.25, -0.2) is 0 Å². The number of methoxy groups -OCH3 is 2. The molecule has 3 fully saturated rings. The van der Waals surface area contributed by atoms with Gasteiger partial charge in [0.25, 0.3) is 0 Å². The van der Waals surface area contributed by atoms with Crippen LogP contribution >= 0.6 is 0 Å². The highest BCUT2D eigenvalue weighted by Gasteiger charge is 2.60. The van der Waals surface area contributed by atoms with E-state index in [4.69, 9.17) is 28.4 Å². The predicted molar refractivity (Wildman–Crippen MR) is 129 cm³/mol. The quantitative estimate of drug-likeness (QED) is 0.236. The van der Waals surface area contributed by atoms with E-state index in [2.05, 4.69) is 0 Å². The van der Waals surface area contributed by atoms with E-state index in [1.54, 1.807) is 24.3 Å². The lowest BCUT2D eigenvalue weighted by Gasteiger charge is -2.41. The molecule has 3 heterocycles. The van der Waals surface area contributed by atoms with Crippen molar-refractivity contribution in [1.82, 2.24) is 0 Å². The first-order valence-electron chi connectivity index (χ1n) is 12.4. The number of aromatic hydroxyl groups is 2. The summed E-state index contributed by atoms with van der Waals surface area (Å²) >= 11 is 0. The van der Waals surface area contributed by atoms with Gasteiger partial charge in [0.05, 0.1) is 44.9 Å². The number of hydrogen-bond donors (Lipinski definition) is 7. The molecule has 13 heteroatoms. The summed E-state index contributed by atoms with van der Waals surface area (Å²) in [5, 5.41) is 71.7. The van der Waals surface area contributed by atoms with Gasteiger partial charge in [-0.05, 0) is 35.4 Å². The van der Waals surface area contributed by atoms with Gasteiger partial charge >= 0.3 is 0 Å². The summed E-state index contributed by atoms with van der Waals surface area (Å²) < 4.78 is 34.2. The summed E-state index contributed by atoms with van der Waals surface area (Å²) in [5.41, 5.74) is 1.07. The molecule has 7 N–H and O–H groups in total. The van der Waals surface area contributed by atoms with Crippen LogP contribution in [0.25, 0.3) is 0 Å². The second kappa shape index (κ2) is 11.0. The number of phenolic OH excluding ortho intramolecular Hbond substituents is 2. The van der Waals surface area contributed by atoms with Crippen molar-refractivity contribution in [1.29, 1.82) is 0 Å². The smallest absolute Gasteiger partial charge is 0.189 e. The first-order chi connectivity index (χ1) is 18.7. The van der Waals surface area contributed by atoms with E-state index < -0.39 is 73.9 Å². The maximum absolute atomic E-state index is 11.1. The van der Waals surface area contributed by atoms with Gasteiger partial charge in [0, 0.05) is 0 Å². The molecule has 0 aromatic heterocycles. The highest BCUT2D eigenvalue weighted by Crippen LogP contribution is 2.57. The van der Waals surface area contributed by atoms with Crippen LogP contribution in [-0.4, -0.2) is 99.9 Å². The summed E-state index contributed by atoms with van der Waals surface area (Å²) in [6.07, 6.45) is -11.8. The van der Waals surface area contributed by atoms with Crippen LogP contribution in [0.4, 0.5) is 0 Å². The molecule has 0 unspecified atom stereocenters.